The number of carbonyl (C=O) groups excluding carboxylic acids is 1. The largest absolute Gasteiger partial charge is 0.382 e. The van der Waals surface area contributed by atoms with Crippen molar-refractivity contribution in [2.45, 2.75) is 6.04 Å². The molecule has 150 valence electrons. The van der Waals surface area contributed by atoms with Gasteiger partial charge in [-0.15, -0.1) is 0 Å². The number of fused-ring (bicyclic) bond motifs is 1. The third-order valence-electron chi connectivity index (χ3n) is 5.75. The van der Waals surface area contributed by atoms with Crippen LogP contribution in [0.3, 0.4) is 0 Å². The maximum Gasteiger partial charge on any atom is 0.320 e. The summed E-state index contributed by atoms with van der Waals surface area (Å²) in [5.41, 5.74) is 6.88. The summed E-state index contributed by atoms with van der Waals surface area (Å²) in [7, 11) is 3.43. The van der Waals surface area contributed by atoms with Crippen molar-refractivity contribution in [1.82, 2.24) is 19.8 Å². The summed E-state index contributed by atoms with van der Waals surface area (Å²) in [5, 5.41) is 9.46. The molecule has 0 unspecified atom stereocenters. The van der Waals surface area contributed by atoms with E-state index < -0.39 is 0 Å². The standard InChI is InChI=1S/C20H22FN7O/c1-26(2)20(29)28-9-13-8-27(19-15(7-22)18(23)24-11-25-19)10-16(13)17(28)12-4-3-5-14(21)6-12/h3-6,11,13,16-17H,8-10H2,1-2H3,(H2,23,24,25)/t13-,16-,17-/m1/s1. The molecular weight excluding hydrogens is 373 g/mol. The Hall–Kier alpha value is -3.41. The van der Waals surface area contributed by atoms with Crippen molar-refractivity contribution in [1.29, 1.82) is 5.26 Å². The van der Waals surface area contributed by atoms with E-state index in [0.717, 1.165) is 5.56 Å². The Labute approximate surface area is 168 Å². The van der Waals surface area contributed by atoms with Crippen LogP contribution in [0.4, 0.5) is 20.8 Å². The van der Waals surface area contributed by atoms with E-state index in [2.05, 4.69) is 16.0 Å². The van der Waals surface area contributed by atoms with E-state index in [1.807, 2.05) is 15.9 Å². The Morgan fingerprint density at radius 3 is 2.79 bits per heavy atom. The van der Waals surface area contributed by atoms with Gasteiger partial charge in [-0.3, -0.25) is 0 Å². The van der Waals surface area contributed by atoms with E-state index in [9.17, 15) is 14.4 Å². The molecule has 2 aliphatic heterocycles. The molecule has 0 bridgehead atoms. The van der Waals surface area contributed by atoms with E-state index in [0.29, 0.717) is 25.5 Å². The van der Waals surface area contributed by atoms with Crippen molar-refractivity contribution in [2.24, 2.45) is 11.8 Å². The lowest BCUT2D eigenvalue weighted by atomic mass is 9.89. The highest BCUT2D eigenvalue weighted by Crippen LogP contribution is 2.46. The first kappa shape index (κ1) is 18.9. The van der Waals surface area contributed by atoms with Crippen LogP contribution in [-0.4, -0.2) is 59.5 Å². The fourth-order valence-electron chi connectivity index (χ4n) is 4.53. The van der Waals surface area contributed by atoms with Crippen LogP contribution in [-0.2, 0) is 0 Å². The number of nitriles is 1. The Morgan fingerprint density at radius 1 is 1.31 bits per heavy atom. The first-order valence-electron chi connectivity index (χ1n) is 9.39. The molecule has 2 fully saturated rings. The first-order chi connectivity index (χ1) is 13.9. The Bertz CT molecular complexity index is 989. The average Bonchev–Trinajstić information content (AvgIpc) is 3.24. The Balaban J connectivity index is 1.69. The zero-order valence-corrected chi connectivity index (χ0v) is 16.3. The van der Waals surface area contributed by atoms with E-state index in [-0.39, 0.29) is 41.1 Å². The number of carbonyl (C=O) groups is 1. The number of halogens is 1. The molecule has 2 aromatic rings. The zero-order valence-electron chi connectivity index (χ0n) is 16.3. The average molecular weight is 395 g/mol. The number of likely N-dealkylation sites (tertiary alicyclic amines) is 1. The van der Waals surface area contributed by atoms with Crippen LogP contribution in [0.2, 0.25) is 0 Å². The molecule has 3 atom stereocenters. The molecule has 1 aromatic heterocycles. The van der Waals surface area contributed by atoms with Gasteiger partial charge < -0.3 is 20.4 Å². The fraction of sp³-hybridized carbons (Fsp3) is 0.400. The van der Waals surface area contributed by atoms with Gasteiger partial charge in [-0.2, -0.15) is 5.26 Å². The highest BCUT2D eigenvalue weighted by Gasteiger charge is 2.50. The minimum atomic E-state index is -0.326. The van der Waals surface area contributed by atoms with E-state index in [4.69, 9.17) is 5.73 Å². The van der Waals surface area contributed by atoms with E-state index in [1.165, 1.54) is 18.5 Å². The molecule has 4 rings (SSSR count). The number of aromatic nitrogens is 2. The second-order valence-electron chi connectivity index (χ2n) is 7.73. The molecule has 0 radical (unpaired) electrons. The van der Waals surface area contributed by atoms with Gasteiger partial charge in [-0.25, -0.2) is 19.2 Å². The number of nitrogens with two attached hydrogens (primary N) is 1. The fourth-order valence-corrected chi connectivity index (χ4v) is 4.53. The topological polar surface area (TPSA) is 102 Å². The monoisotopic (exact) mass is 395 g/mol. The van der Waals surface area contributed by atoms with Crippen LogP contribution >= 0.6 is 0 Å². The van der Waals surface area contributed by atoms with Crippen LogP contribution in [0.15, 0.2) is 30.6 Å². The summed E-state index contributed by atoms with van der Waals surface area (Å²) in [6.07, 6.45) is 1.35. The van der Waals surface area contributed by atoms with Crippen LogP contribution in [0.1, 0.15) is 17.2 Å². The van der Waals surface area contributed by atoms with Gasteiger partial charge in [0.25, 0.3) is 0 Å². The van der Waals surface area contributed by atoms with Crippen molar-refractivity contribution in [3.05, 3.63) is 47.5 Å². The lowest BCUT2D eigenvalue weighted by Crippen LogP contribution is -2.41. The lowest BCUT2D eigenvalue weighted by molar-refractivity contribution is 0.159. The quantitative estimate of drug-likeness (QED) is 0.833. The maximum absolute atomic E-state index is 13.9. The van der Waals surface area contributed by atoms with Crippen LogP contribution in [0.25, 0.3) is 0 Å². The number of rotatable bonds is 2. The molecule has 29 heavy (non-hydrogen) atoms. The molecule has 2 saturated heterocycles. The molecule has 2 aliphatic rings. The van der Waals surface area contributed by atoms with Crippen LogP contribution < -0.4 is 10.6 Å². The highest BCUT2D eigenvalue weighted by atomic mass is 19.1. The van der Waals surface area contributed by atoms with Gasteiger partial charge >= 0.3 is 6.03 Å². The molecule has 3 heterocycles. The third kappa shape index (κ3) is 3.20. The van der Waals surface area contributed by atoms with Crippen molar-refractivity contribution in [3.8, 4) is 6.07 Å². The predicted octanol–water partition coefficient (Wildman–Crippen LogP) is 1.86. The second-order valence-corrected chi connectivity index (χ2v) is 7.73. The molecule has 2 amide bonds. The number of hydrogen-bond acceptors (Lipinski definition) is 6. The molecule has 8 nitrogen and oxygen atoms in total. The molecule has 2 N–H and O–H groups in total. The number of urea groups is 1. The molecule has 9 heteroatoms. The number of anilines is 2. The van der Waals surface area contributed by atoms with Gasteiger partial charge in [0.05, 0.1) is 6.04 Å². The van der Waals surface area contributed by atoms with Gasteiger partial charge in [0.2, 0.25) is 0 Å². The summed E-state index contributed by atoms with van der Waals surface area (Å²) in [4.78, 5) is 26.4. The maximum atomic E-state index is 13.9. The van der Waals surface area contributed by atoms with Gasteiger partial charge in [-0.05, 0) is 17.7 Å². The lowest BCUT2D eigenvalue weighted by Gasteiger charge is -2.32. The van der Waals surface area contributed by atoms with Crippen LogP contribution in [0.5, 0.6) is 0 Å². The number of hydrogen-bond donors (Lipinski definition) is 1. The highest BCUT2D eigenvalue weighted by molar-refractivity contribution is 5.75. The van der Waals surface area contributed by atoms with Gasteiger partial charge in [0, 0.05) is 45.6 Å². The summed E-state index contributed by atoms with van der Waals surface area (Å²) >= 11 is 0. The van der Waals surface area contributed by atoms with Crippen molar-refractivity contribution in [3.63, 3.8) is 0 Å². The number of amides is 2. The zero-order chi connectivity index (χ0) is 20.7. The summed E-state index contributed by atoms with van der Waals surface area (Å²) in [5.74, 6) is 0.602. The Kier molecular flexibility index (Phi) is 4.70. The molecule has 0 saturated carbocycles. The van der Waals surface area contributed by atoms with Gasteiger partial charge in [0.15, 0.2) is 5.82 Å². The van der Waals surface area contributed by atoms with Crippen molar-refractivity contribution >= 4 is 17.7 Å². The summed E-state index contributed by atoms with van der Waals surface area (Å²) < 4.78 is 13.9. The predicted molar refractivity (Wildman–Crippen MR) is 105 cm³/mol. The number of benzene rings is 1. The molecule has 1 aromatic carbocycles. The molecule has 0 spiro atoms. The minimum Gasteiger partial charge on any atom is -0.382 e. The summed E-state index contributed by atoms with van der Waals surface area (Å²) in [6.45, 7) is 1.79. The number of nitrogens with zero attached hydrogens (tertiary/aromatic N) is 6. The second kappa shape index (κ2) is 7.20. The van der Waals surface area contributed by atoms with Gasteiger partial charge in [0.1, 0.15) is 29.6 Å². The summed E-state index contributed by atoms with van der Waals surface area (Å²) in [6, 6.07) is 8.17. The molecular formula is C20H22FN7O. The number of nitrogen functional groups attached to an aromatic ring is 1. The van der Waals surface area contributed by atoms with E-state index in [1.54, 1.807) is 25.1 Å². The van der Waals surface area contributed by atoms with Crippen LogP contribution in [0, 0.1) is 29.0 Å². The third-order valence-corrected chi connectivity index (χ3v) is 5.75. The minimum absolute atomic E-state index is 0.0865. The smallest absolute Gasteiger partial charge is 0.320 e. The van der Waals surface area contributed by atoms with Gasteiger partial charge in [-0.1, -0.05) is 12.1 Å². The van der Waals surface area contributed by atoms with E-state index >= 15 is 0 Å². The van der Waals surface area contributed by atoms with Crippen molar-refractivity contribution < 1.29 is 9.18 Å². The normalized spacial score (nSPS) is 23.0. The Morgan fingerprint density at radius 2 is 2.10 bits per heavy atom. The first-order valence-corrected chi connectivity index (χ1v) is 9.39. The van der Waals surface area contributed by atoms with Crippen molar-refractivity contribution in [2.75, 3.05) is 44.4 Å². The molecule has 0 aliphatic carbocycles. The SMILES string of the molecule is CN(C)C(=O)N1C[C@H]2CN(c3ncnc(N)c3C#N)C[C@H]2[C@H]1c1cccc(F)c1.